The summed E-state index contributed by atoms with van der Waals surface area (Å²) >= 11 is 11.9. The van der Waals surface area contributed by atoms with Gasteiger partial charge in [-0.1, -0.05) is 56.8 Å². The van der Waals surface area contributed by atoms with Gasteiger partial charge in [-0.25, -0.2) is 0 Å². The zero-order chi connectivity index (χ0) is 19.8. The molecule has 2 rings (SSSR count). The Morgan fingerprint density at radius 3 is 2.48 bits per heavy atom. The second-order valence-electron chi connectivity index (χ2n) is 7.41. The summed E-state index contributed by atoms with van der Waals surface area (Å²) < 4.78 is 0. The van der Waals surface area contributed by atoms with Gasteiger partial charge in [-0.15, -0.1) is 11.6 Å². The van der Waals surface area contributed by atoms with E-state index < -0.39 is 6.04 Å². The molecule has 150 valence electrons. The summed E-state index contributed by atoms with van der Waals surface area (Å²) in [6, 6.07) is 6.61. The summed E-state index contributed by atoms with van der Waals surface area (Å²) in [4.78, 5) is 27.4. The summed E-state index contributed by atoms with van der Waals surface area (Å²) in [6.45, 7) is 4.74. The third-order valence-electron chi connectivity index (χ3n) is 5.37. The number of alkyl halides is 1. The molecule has 1 aromatic rings. The van der Waals surface area contributed by atoms with Crippen LogP contribution < -0.4 is 5.32 Å². The van der Waals surface area contributed by atoms with Crippen molar-refractivity contribution in [3.8, 4) is 0 Å². The van der Waals surface area contributed by atoms with Crippen LogP contribution in [0.5, 0.6) is 0 Å². The fourth-order valence-corrected chi connectivity index (χ4v) is 3.99. The fraction of sp³-hybridized carbons (Fsp3) is 0.619. The summed E-state index contributed by atoms with van der Waals surface area (Å²) in [7, 11) is 0. The van der Waals surface area contributed by atoms with Crippen molar-refractivity contribution in [1.29, 1.82) is 0 Å². The number of amides is 2. The lowest BCUT2D eigenvalue weighted by atomic mass is 9.85. The standard InChI is InChI=1S/C21H30Cl2N2O2/c1-3-4-13-25(19(26)14-22)20(16-9-11-17(23)12-10-16)21(27)24-18-8-6-5-7-15(18)2/h9-12,15,18,20H,3-8,13-14H2,1-2H3,(H,24,27)/t15-,18-,20-/m0/s1. The molecular formula is C21H30Cl2N2O2. The third-order valence-corrected chi connectivity index (χ3v) is 5.85. The van der Waals surface area contributed by atoms with E-state index in [1.807, 2.05) is 12.1 Å². The van der Waals surface area contributed by atoms with Gasteiger partial charge in [-0.3, -0.25) is 9.59 Å². The maximum atomic E-state index is 13.3. The Balaban J connectivity index is 2.30. The molecule has 2 amide bonds. The van der Waals surface area contributed by atoms with Crippen molar-refractivity contribution in [2.24, 2.45) is 5.92 Å². The molecule has 1 aliphatic carbocycles. The van der Waals surface area contributed by atoms with E-state index in [0.717, 1.165) is 37.7 Å². The Kier molecular flexibility index (Phi) is 8.91. The Morgan fingerprint density at radius 2 is 1.89 bits per heavy atom. The molecule has 6 heteroatoms. The predicted octanol–water partition coefficient (Wildman–Crippen LogP) is 4.94. The molecule has 0 aromatic heterocycles. The molecule has 0 spiro atoms. The average Bonchev–Trinajstić information content (AvgIpc) is 2.67. The molecule has 0 heterocycles. The molecule has 1 saturated carbocycles. The van der Waals surface area contributed by atoms with Gasteiger partial charge in [0, 0.05) is 17.6 Å². The number of nitrogens with one attached hydrogen (secondary N) is 1. The number of halogens is 2. The van der Waals surface area contributed by atoms with E-state index in [0.29, 0.717) is 17.5 Å². The van der Waals surface area contributed by atoms with Gasteiger partial charge in [0.2, 0.25) is 11.8 Å². The number of hydrogen-bond acceptors (Lipinski definition) is 2. The molecule has 0 aliphatic heterocycles. The number of carbonyl (C=O) groups is 2. The molecule has 4 nitrogen and oxygen atoms in total. The normalized spacial score (nSPS) is 20.7. The lowest BCUT2D eigenvalue weighted by Gasteiger charge is -2.35. The van der Waals surface area contributed by atoms with E-state index in [2.05, 4.69) is 19.2 Å². The van der Waals surface area contributed by atoms with Crippen LogP contribution in [0, 0.1) is 5.92 Å². The lowest BCUT2D eigenvalue weighted by Crippen LogP contribution is -2.49. The molecule has 1 fully saturated rings. The third kappa shape index (κ3) is 6.11. The van der Waals surface area contributed by atoms with Gasteiger partial charge < -0.3 is 10.2 Å². The van der Waals surface area contributed by atoms with Gasteiger partial charge in [0.25, 0.3) is 0 Å². The lowest BCUT2D eigenvalue weighted by molar-refractivity contribution is -0.139. The van der Waals surface area contributed by atoms with Crippen LogP contribution in [0.25, 0.3) is 0 Å². The topological polar surface area (TPSA) is 49.4 Å². The molecule has 0 unspecified atom stereocenters. The van der Waals surface area contributed by atoms with Gasteiger partial charge in [-0.05, 0) is 42.9 Å². The van der Waals surface area contributed by atoms with E-state index >= 15 is 0 Å². The van der Waals surface area contributed by atoms with Gasteiger partial charge in [0.05, 0.1) is 0 Å². The quantitative estimate of drug-likeness (QED) is 0.614. The summed E-state index contributed by atoms with van der Waals surface area (Å²) in [5, 5.41) is 3.81. The highest BCUT2D eigenvalue weighted by Gasteiger charge is 2.33. The minimum atomic E-state index is -0.686. The summed E-state index contributed by atoms with van der Waals surface area (Å²) in [5.41, 5.74) is 0.759. The molecular weight excluding hydrogens is 383 g/mol. The van der Waals surface area contributed by atoms with Crippen molar-refractivity contribution in [2.45, 2.75) is 64.5 Å². The van der Waals surface area contributed by atoms with Crippen LogP contribution in [0.1, 0.15) is 64.0 Å². The first-order valence-corrected chi connectivity index (χ1v) is 10.8. The molecule has 3 atom stereocenters. The molecule has 0 bridgehead atoms. The van der Waals surface area contributed by atoms with Crippen LogP contribution in [0.2, 0.25) is 5.02 Å². The van der Waals surface area contributed by atoms with Crippen molar-refractivity contribution in [3.05, 3.63) is 34.9 Å². The second-order valence-corrected chi connectivity index (χ2v) is 8.11. The van der Waals surface area contributed by atoms with E-state index in [1.54, 1.807) is 17.0 Å². The van der Waals surface area contributed by atoms with Crippen molar-refractivity contribution in [3.63, 3.8) is 0 Å². The van der Waals surface area contributed by atoms with Gasteiger partial charge in [0.15, 0.2) is 0 Å². The number of carbonyl (C=O) groups excluding carboxylic acids is 2. The van der Waals surface area contributed by atoms with Crippen LogP contribution in [-0.4, -0.2) is 35.2 Å². The molecule has 1 N–H and O–H groups in total. The zero-order valence-electron chi connectivity index (χ0n) is 16.2. The van der Waals surface area contributed by atoms with Gasteiger partial charge in [0.1, 0.15) is 11.9 Å². The number of rotatable bonds is 8. The van der Waals surface area contributed by atoms with Crippen molar-refractivity contribution in [1.82, 2.24) is 10.2 Å². The van der Waals surface area contributed by atoms with Crippen LogP contribution in [0.3, 0.4) is 0 Å². The second kappa shape index (κ2) is 10.9. The summed E-state index contributed by atoms with van der Waals surface area (Å²) in [6.07, 6.45) is 6.19. The highest BCUT2D eigenvalue weighted by atomic mass is 35.5. The van der Waals surface area contributed by atoms with E-state index in [1.165, 1.54) is 6.42 Å². The number of unbranched alkanes of at least 4 members (excludes halogenated alkanes) is 1. The highest BCUT2D eigenvalue weighted by molar-refractivity contribution is 6.30. The van der Waals surface area contributed by atoms with Crippen LogP contribution in [0.15, 0.2) is 24.3 Å². The minimum Gasteiger partial charge on any atom is -0.351 e. The first-order chi connectivity index (χ1) is 13.0. The highest BCUT2D eigenvalue weighted by Crippen LogP contribution is 2.27. The molecule has 27 heavy (non-hydrogen) atoms. The molecule has 1 aromatic carbocycles. The first kappa shape index (κ1) is 22.0. The Bertz CT molecular complexity index is 621. The molecule has 1 aliphatic rings. The van der Waals surface area contributed by atoms with Gasteiger partial charge in [-0.2, -0.15) is 0 Å². The fourth-order valence-electron chi connectivity index (χ4n) is 3.71. The Morgan fingerprint density at radius 1 is 1.22 bits per heavy atom. The smallest absolute Gasteiger partial charge is 0.247 e. The number of benzene rings is 1. The largest absolute Gasteiger partial charge is 0.351 e. The first-order valence-electron chi connectivity index (χ1n) is 9.89. The van der Waals surface area contributed by atoms with Crippen molar-refractivity contribution in [2.75, 3.05) is 12.4 Å². The van der Waals surface area contributed by atoms with Crippen LogP contribution >= 0.6 is 23.2 Å². The Hall–Kier alpha value is -1.26. The molecule has 0 radical (unpaired) electrons. The van der Waals surface area contributed by atoms with E-state index in [4.69, 9.17) is 23.2 Å². The van der Waals surface area contributed by atoms with Gasteiger partial charge >= 0.3 is 0 Å². The predicted molar refractivity (Wildman–Crippen MR) is 111 cm³/mol. The van der Waals surface area contributed by atoms with E-state index in [-0.39, 0.29) is 23.7 Å². The number of hydrogen-bond donors (Lipinski definition) is 1. The maximum Gasteiger partial charge on any atom is 0.247 e. The van der Waals surface area contributed by atoms with E-state index in [9.17, 15) is 9.59 Å². The van der Waals surface area contributed by atoms with Crippen LogP contribution in [0.4, 0.5) is 0 Å². The average molecular weight is 413 g/mol. The SMILES string of the molecule is CCCCN(C(=O)CCl)[C@H](C(=O)N[C@H]1CCCC[C@@H]1C)c1ccc(Cl)cc1. The van der Waals surface area contributed by atoms with Crippen molar-refractivity contribution >= 4 is 35.0 Å². The summed E-state index contributed by atoms with van der Waals surface area (Å²) in [5.74, 6) is -0.0510. The monoisotopic (exact) mass is 412 g/mol. The Labute approximate surface area is 172 Å². The number of nitrogens with zero attached hydrogens (tertiary/aromatic N) is 1. The maximum absolute atomic E-state index is 13.3. The zero-order valence-corrected chi connectivity index (χ0v) is 17.7. The molecule has 0 saturated heterocycles. The van der Waals surface area contributed by atoms with Crippen LogP contribution in [-0.2, 0) is 9.59 Å². The minimum absolute atomic E-state index is 0.134. The van der Waals surface area contributed by atoms with Crippen molar-refractivity contribution < 1.29 is 9.59 Å².